The van der Waals surface area contributed by atoms with E-state index < -0.39 is 18.2 Å². The molecule has 166 valence electrons. The molecule has 0 radical (unpaired) electrons. The number of hydrogen-bond acceptors (Lipinski definition) is 5. The lowest BCUT2D eigenvalue weighted by atomic mass is 10.1. The van der Waals surface area contributed by atoms with Crippen LogP contribution in [0.2, 0.25) is 0 Å². The van der Waals surface area contributed by atoms with Gasteiger partial charge in [-0.15, -0.1) is 0 Å². The summed E-state index contributed by atoms with van der Waals surface area (Å²) in [5.74, 6) is 1.37. The van der Waals surface area contributed by atoms with Gasteiger partial charge < -0.3 is 24.8 Å². The van der Waals surface area contributed by atoms with E-state index in [4.69, 9.17) is 14.2 Å². The first kappa shape index (κ1) is 22.5. The zero-order chi connectivity index (χ0) is 22.8. The van der Waals surface area contributed by atoms with Crippen LogP contribution in [0.25, 0.3) is 0 Å². The predicted molar refractivity (Wildman–Crippen MR) is 122 cm³/mol. The van der Waals surface area contributed by atoms with Crippen molar-refractivity contribution in [1.29, 1.82) is 0 Å². The lowest BCUT2D eigenvalue weighted by molar-refractivity contribution is 0.149. The second kappa shape index (κ2) is 11.3. The Morgan fingerprint density at radius 1 is 0.750 bits per heavy atom. The SMILES string of the molecule is COc1ccc(NC(=O)N[C@H](COC(=O)Nc2ccc(OC)cc2)c2ccccc2)cc1. The van der Waals surface area contributed by atoms with Crippen molar-refractivity contribution in [3.8, 4) is 11.5 Å². The fourth-order valence-corrected chi connectivity index (χ4v) is 2.89. The van der Waals surface area contributed by atoms with Gasteiger partial charge in [0.1, 0.15) is 18.1 Å². The molecule has 8 nitrogen and oxygen atoms in total. The van der Waals surface area contributed by atoms with Crippen molar-refractivity contribution in [2.75, 3.05) is 31.5 Å². The molecule has 3 N–H and O–H groups in total. The number of benzene rings is 3. The molecule has 0 heterocycles. The summed E-state index contributed by atoms with van der Waals surface area (Å²) in [5, 5.41) is 8.25. The number of amides is 3. The van der Waals surface area contributed by atoms with E-state index in [2.05, 4.69) is 16.0 Å². The highest BCUT2D eigenvalue weighted by Gasteiger charge is 2.17. The third-order valence-electron chi connectivity index (χ3n) is 4.57. The Bertz CT molecular complexity index is 1010. The molecule has 3 aromatic rings. The summed E-state index contributed by atoms with van der Waals surface area (Å²) in [4.78, 5) is 24.8. The predicted octanol–water partition coefficient (Wildman–Crippen LogP) is 4.82. The molecule has 0 unspecified atom stereocenters. The van der Waals surface area contributed by atoms with Gasteiger partial charge in [0.25, 0.3) is 0 Å². The van der Waals surface area contributed by atoms with Crippen molar-refractivity contribution in [2.45, 2.75) is 6.04 Å². The number of anilines is 2. The number of ether oxygens (including phenoxy) is 3. The van der Waals surface area contributed by atoms with Gasteiger partial charge in [0.05, 0.1) is 20.3 Å². The molecule has 0 aliphatic heterocycles. The molecule has 32 heavy (non-hydrogen) atoms. The first-order valence-corrected chi connectivity index (χ1v) is 9.91. The molecule has 3 amide bonds. The summed E-state index contributed by atoms with van der Waals surface area (Å²) in [6, 6.07) is 22.1. The van der Waals surface area contributed by atoms with Crippen LogP contribution in [0.15, 0.2) is 78.9 Å². The highest BCUT2D eigenvalue weighted by atomic mass is 16.5. The van der Waals surface area contributed by atoms with Crippen molar-refractivity contribution in [1.82, 2.24) is 5.32 Å². The second-order valence-corrected chi connectivity index (χ2v) is 6.74. The number of rotatable bonds is 8. The molecule has 0 saturated heterocycles. The average molecular weight is 435 g/mol. The summed E-state index contributed by atoms with van der Waals surface area (Å²) < 4.78 is 15.6. The number of carbonyl (C=O) groups is 2. The maximum Gasteiger partial charge on any atom is 0.411 e. The molecule has 3 aromatic carbocycles. The smallest absolute Gasteiger partial charge is 0.411 e. The summed E-state index contributed by atoms with van der Waals surface area (Å²) >= 11 is 0. The first-order valence-electron chi connectivity index (χ1n) is 9.91. The number of urea groups is 1. The van der Waals surface area contributed by atoms with Gasteiger partial charge in [0, 0.05) is 11.4 Å². The third-order valence-corrected chi connectivity index (χ3v) is 4.57. The van der Waals surface area contributed by atoms with E-state index in [1.165, 1.54) is 0 Å². The molecule has 0 aliphatic carbocycles. The molecule has 8 heteroatoms. The highest BCUT2D eigenvalue weighted by molar-refractivity contribution is 5.89. The van der Waals surface area contributed by atoms with Gasteiger partial charge >= 0.3 is 12.1 Å². The standard InChI is InChI=1S/C24H25N3O5/c1-30-20-12-8-18(9-13-20)25-23(28)27-22(17-6-4-3-5-7-17)16-32-24(29)26-19-10-14-21(31-2)15-11-19/h3-15,22H,16H2,1-2H3,(H,26,29)(H2,25,27,28)/t22-/m1/s1. The quantitative estimate of drug-likeness (QED) is 0.471. The van der Waals surface area contributed by atoms with Crippen molar-refractivity contribution in [3.05, 3.63) is 84.4 Å². The maximum atomic E-state index is 12.5. The summed E-state index contributed by atoms with van der Waals surface area (Å²) in [6.07, 6.45) is -0.631. The second-order valence-electron chi connectivity index (χ2n) is 6.74. The van der Waals surface area contributed by atoms with E-state index in [1.807, 2.05) is 30.3 Å². The van der Waals surface area contributed by atoms with Crippen LogP contribution in [-0.4, -0.2) is 33.0 Å². The van der Waals surface area contributed by atoms with Crippen molar-refractivity contribution < 1.29 is 23.8 Å². The lowest BCUT2D eigenvalue weighted by Crippen LogP contribution is -2.35. The Labute approximate surface area is 186 Å². The van der Waals surface area contributed by atoms with Crippen LogP contribution in [0, 0.1) is 0 Å². The van der Waals surface area contributed by atoms with Crippen LogP contribution in [-0.2, 0) is 4.74 Å². The summed E-state index contributed by atoms with van der Waals surface area (Å²) in [7, 11) is 3.14. The van der Waals surface area contributed by atoms with Crippen molar-refractivity contribution in [3.63, 3.8) is 0 Å². The molecule has 0 saturated carbocycles. The zero-order valence-electron chi connectivity index (χ0n) is 17.8. The normalized spacial score (nSPS) is 11.1. The fraction of sp³-hybridized carbons (Fsp3) is 0.167. The highest BCUT2D eigenvalue weighted by Crippen LogP contribution is 2.18. The topological polar surface area (TPSA) is 97.9 Å². The minimum absolute atomic E-state index is 0.0535. The summed E-state index contributed by atoms with van der Waals surface area (Å²) in [5.41, 5.74) is 1.97. The summed E-state index contributed by atoms with van der Waals surface area (Å²) in [6.45, 7) is -0.0535. The van der Waals surface area contributed by atoms with Crippen LogP contribution < -0.4 is 25.4 Å². The van der Waals surface area contributed by atoms with Crippen LogP contribution in [0.3, 0.4) is 0 Å². The van der Waals surface area contributed by atoms with Gasteiger partial charge in [0.15, 0.2) is 0 Å². The number of hydrogen-bond donors (Lipinski definition) is 3. The molecular formula is C24H25N3O5. The average Bonchev–Trinajstić information content (AvgIpc) is 2.83. The van der Waals surface area contributed by atoms with Crippen molar-refractivity contribution >= 4 is 23.5 Å². The lowest BCUT2D eigenvalue weighted by Gasteiger charge is -2.20. The Morgan fingerprint density at radius 3 is 1.81 bits per heavy atom. The Kier molecular flexibility index (Phi) is 7.91. The van der Waals surface area contributed by atoms with E-state index in [9.17, 15) is 9.59 Å². The van der Waals surface area contributed by atoms with Crippen LogP contribution in [0.5, 0.6) is 11.5 Å². The Balaban J connectivity index is 1.59. The minimum Gasteiger partial charge on any atom is -0.497 e. The van der Waals surface area contributed by atoms with Gasteiger partial charge in [-0.05, 0) is 54.1 Å². The van der Waals surface area contributed by atoms with Crippen LogP contribution >= 0.6 is 0 Å². The zero-order valence-corrected chi connectivity index (χ0v) is 17.8. The van der Waals surface area contributed by atoms with E-state index in [-0.39, 0.29) is 6.61 Å². The van der Waals surface area contributed by atoms with Gasteiger partial charge in [-0.3, -0.25) is 5.32 Å². The Morgan fingerprint density at radius 2 is 1.28 bits per heavy atom. The molecule has 0 aliphatic rings. The van der Waals surface area contributed by atoms with Gasteiger partial charge in [0.2, 0.25) is 0 Å². The van der Waals surface area contributed by atoms with Gasteiger partial charge in [-0.2, -0.15) is 0 Å². The molecule has 0 bridgehead atoms. The number of carbonyl (C=O) groups excluding carboxylic acids is 2. The van der Waals surface area contributed by atoms with Crippen LogP contribution in [0.1, 0.15) is 11.6 Å². The fourth-order valence-electron chi connectivity index (χ4n) is 2.89. The molecule has 0 spiro atoms. The maximum absolute atomic E-state index is 12.5. The van der Waals surface area contributed by atoms with Crippen LogP contribution in [0.4, 0.5) is 21.0 Å². The van der Waals surface area contributed by atoms with E-state index >= 15 is 0 Å². The molecule has 3 rings (SSSR count). The largest absolute Gasteiger partial charge is 0.497 e. The minimum atomic E-state index is -0.631. The van der Waals surface area contributed by atoms with Gasteiger partial charge in [-0.25, -0.2) is 9.59 Å². The van der Waals surface area contributed by atoms with Gasteiger partial charge in [-0.1, -0.05) is 30.3 Å². The first-order chi connectivity index (χ1) is 15.6. The van der Waals surface area contributed by atoms with E-state index in [0.29, 0.717) is 22.9 Å². The monoisotopic (exact) mass is 435 g/mol. The molecule has 1 atom stereocenters. The Hall–Kier alpha value is -4.20. The number of methoxy groups -OCH3 is 2. The molecule has 0 fully saturated rings. The molecular weight excluding hydrogens is 410 g/mol. The molecule has 0 aromatic heterocycles. The van der Waals surface area contributed by atoms with E-state index in [1.54, 1.807) is 62.8 Å². The van der Waals surface area contributed by atoms with E-state index in [0.717, 1.165) is 5.56 Å². The number of nitrogens with one attached hydrogen (secondary N) is 3. The van der Waals surface area contributed by atoms with Crippen molar-refractivity contribution in [2.24, 2.45) is 0 Å². The third kappa shape index (κ3) is 6.66.